The fourth-order valence-corrected chi connectivity index (χ4v) is 3.35. The Kier molecular flexibility index (Phi) is 3.96. The maximum absolute atomic E-state index is 11.9. The Balaban J connectivity index is 1.47. The SMILES string of the molecule is O=N[C@@H]1CCC[C@H]1Oc1ccc2c(c1)=CNC(NC(=O)C1CC1)C=2. The quantitative estimate of drug-likeness (QED) is 0.781. The van der Waals surface area contributed by atoms with Gasteiger partial charge in [-0.15, -0.1) is 0 Å². The Hall–Kier alpha value is -2.37. The number of ether oxygens (including phenoxy) is 1. The lowest BCUT2D eigenvalue weighted by Gasteiger charge is -2.19. The first-order valence-electron chi connectivity index (χ1n) is 8.60. The van der Waals surface area contributed by atoms with E-state index in [0.29, 0.717) is 0 Å². The van der Waals surface area contributed by atoms with Crippen LogP contribution in [0.5, 0.6) is 5.75 Å². The fourth-order valence-electron chi connectivity index (χ4n) is 3.35. The Morgan fingerprint density at radius 2 is 2.08 bits per heavy atom. The summed E-state index contributed by atoms with van der Waals surface area (Å²) in [5.41, 5.74) is 0. The molecule has 0 aromatic heterocycles. The highest BCUT2D eigenvalue weighted by Gasteiger charge is 2.31. The van der Waals surface area contributed by atoms with Crippen LogP contribution >= 0.6 is 0 Å². The van der Waals surface area contributed by atoms with Gasteiger partial charge in [-0.3, -0.25) is 4.79 Å². The van der Waals surface area contributed by atoms with Crippen molar-refractivity contribution in [2.24, 2.45) is 11.1 Å². The van der Waals surface area contributed by atoms with E-state index >= 15 is 0 Å². The summed E-state index contributed by atoms with van der Waals surface area (Å²) in [4.78, 5) is 22.7. The van der Waals surface area contributed by atoms with Gasteiger partial charge in [0.1, 0.15) is 24.1 Å². The number of carbonyl (C=O) groups is 1. The van der Waals surface area contributed by atoms with Gasteiger partial charge in [0.15, 0.2) is 0 Å². The van der Waals surface area contributed by atoms with E-state index in [1.807, 2.05) is 30.5 Å². The Morgan fingerprint density at radius 1 is 1.21 bits per heavy atom. The van der Waals surface area contributed by atoms with Gasteiger partial charge in [0.05, 0.1) is 0 Å². The highest BCUT2D eigenvalue weighted by molar-refractivity contribution is 5.82. The van der Waals surface area contributed by atoms with Crippen molar-refractivity contribution in [3.8, 4) is 5.75 Å². The zero-order valence-corrected chi connectivity index (χ0v) is 13.4. The molecule has 24 heavy (non-hydrogen) atoms. The van der Waals surface area contributed by atoms with Crippen LogP contribution in [-0.2, 0) is 4.79 Å². The summed E-state index contributed by atoms with van der Waals surface area (Å²) in [5.74, 6) is 1.07. The molecule has 6 nitrogen and oxygen atoms in total. The molecular weight excluding hydrogens is 306 g/mol. The largest absolute Gasteiger partial charge is 0.488 e. The van der Waals surface area contributed by atoms with Crippen molar-refractivity contribution in [3.05, 3.63) is 33.5 Å². The molecule has 1 aromatic rings. The standard InChI is InChI=1S/C18H21N3O3/c22-18(11-4-5-11)20-17-9-12-6-7-14(8-13(12)10-19-17)24-16-3-1-2-15(16)21-23/h6-11,15-17,19H,1-5H2,(H,20,22)/t15-,16-,17?/m1/s1. The fraction of sp³-hybridized carbons (Fsp3) is 0.500. The van der Waals surface area contributed by atoms with Gasteiger partial charge in [0, 0.05) is 17.3 Å². The lowest BCUT2D eigenvalue weighted by molar-refractivity contribution is -0.122. The molecule has 0 spiro atoms. The summed E-state index contributed by atoms with van der Waals surface area (Å²) in [6.45, 7) is 0. The second-order valence-corrected chi connectivity index (χ2v) is 6.79. The van der Waals surface area contributed by atoms with Crippen molar-refractivity contribution in [2.45, 2.75) is 50.4 Å². The van der Waals surface area contributed by atoms with Crippen LogP contribution < -0.4 is 25.8 Å². The molecule has 3 atom stereocenters. The predicted octanol–water partition coefficient (Wildman–Crippen LogP) is 0.727. The van der Waals surface area contributed by atoms with Crippen molar-refractivity contribution in [1.82, 2.24) is 10.6 Å². The van der Waals surface area contributed by atoms with Crippen LogP contribution in [-0.4, -0.2) is 24.2 Å². The minimum absolute atomic E-state index is 0.119. The first kappa shape index (κ1) is 15.2. The summed E-state index contributed by atoms with van der Waals surface area (Å²) < 4.78 is 5.95. The number of carbonyl (C=O) groups excluding carboxylic acids is 1. The van der Waals surface area contributed by atoms with Gasteiger partial charge in [-0.1, -0.05) is 11.2 Å². The van der Waals surface area contributed by atoms with Gasteiger partial charge >= 0.3 is 0 Å². The van der Waals surface area contributed by atoms with Crippen molar-refractivity contribution < 1.29 is 9.53 Å². The Bertz CT molecular complexity index is 772. The van der Waals surface area contributed by atoms with Gasteiger partial charge in [-0.2, -0.15) is 4.91 Å². The Morgan fingerprint density at radius 3 is 2.88 bits per heavy atom. The highest BCUT2D eigenvalue weighted by Crippen LogP contribution is 2.29. The highest BCUT2D eigenvalue weighted by atomic mass is 16.5. The normalized spacial score (nSPS) is 27.9. The molecule has 0 saturated heterocycles. The van der Waals surface area contributed by atoms with Crippen molar-refractivity contribution >= 4 is 18.2 Å². The van der Waals surface area contributed by atoms with E-state index in [9.17, 15) is 9.70 Å². The van der Waals surface area contributed by atoms with Gasteiger partial charge in [-0.05, 0) is 55.5 Å². The lowest BCUT2D eigenvalue weighted by atomic mass is 10.1. The van der Waals surface area contributed by atoms with Gasteiger partial charge in [-0.25, -0.2) is 0 Å². The number of hydrogen-bond acceptors (Lipinski definition) is 5. The number of nitroso groups, excluding NO2 is 1. The summed E-state index contributed by atoms with van der Waals surface area (Å²) in [7, 11) is 0. The van der Waals surface area contributed by atoms with Crippen molar-refractivity contribution in [2.75, 3.05) is 0 Å². The molecule has 1 heterocycles. The molecule has 3 aliphatic rings. The van der Waals surface area contributed by atoms with Crippen molar-refractivity contribution in [3.63, 3.8) is 0 Å². The van der Waals surface area contributed by atoms with Crippen LogP contribution in [0.25, 0.3) is 12.3 Å². The monoisotopic (exact) mass is 327 g/mol. The molecule has 1 aliphatic heterocycles. The molecule has 0 bridgehead atoms. The Labute approximate surface area is 139 Å². The van der Waals surface area contributed by atoms with Crippen LogP contribution in [0.1, 0.15) is 32.1 Å². The molecule has 2 aliphatic carbocycles. The van der Waals surface area contributed by atoms with Crippen LogP contribution in [0.2, 0.25) is 0 Å². The minimum atomic E-state index is -0.239. The van der Waals surface area contributed by atoms with E-state index in [0.717, 1.165) is 48.3 Å². The smallest absolute Gasteiger partial charge is 0.224 e. The number of nitrogens with one attached hydrogen (secondary N) is 2. The van der Waals surface area contributed by atoms with E-state index in [1.165, 1.54) is 0 Å². The number of nitrogens with zero attached hydrogens (tertiary/aromatic N) is 1. The number of hydrogen-bond donors (Lipinski definition) is 2. The molecule has 126 valence electrons. The van der Waals surface area contributed by atoms with E-state index < -0.39 is 0 Å². The van der Waals surface area contributed by atoms with E-state index in [2.05, 4.69) is 15.8 Å². The topological polar surface area (TPSA) is 79.8 Å². The molecule has 1 aromatic carbocycles. The van der Waals surface area contributed by atoms with Gasteiger partial charge < -0.3 is 15.4 Å². The summed E-state index contributed by atoms with van der Waals surface area (Å²) in [6, 6.07) is 5.61. The first-order chi connectivity index (χ1) is 11.7. The third-order valence-electron chi connectivity index (χ3n) is 4.91. The molecule has 1 amide bonds. The van der Waals surface area contributed by atoms with Crippen LogP contribution in [0, 0.1) is 10.8 Å². The predicted molar refractivity (Wildman–Crippen MR) is 90.3 cm³/mol. The molecule has 2 saturated carbocycles. The molecule has 1 unspecified atom stereocenters. The van der Waals surface area contributed by atoms with E-state index in [1.54, 1.807) is 0 Å². The second kappa shape index (κ2) is 6.26. The van der Waals surface area contributed by atoms with Gasteiger partial charge in [0.2, 0.25) is 5.91 Å². The number of benzene rings is 1. The molecule has 2 fully saturated rings. The molecule has 2 N–H and O–H groups in total. The minimum Gasteiger partial charge on any atom is -0.488 e. The summed E-state index contributed by atoms with van der Waals surface area (Å²) in [6.07, 6.45) is 8.27. The molecule has 4 rings (SSSR count). The maximum atomic E-state index is 11.9. The lowest BCUT2D eigenvalue weighted by Crippen LogP contribution is -2.48. The van der Waals surface area contributed by atoms with Crippen LogP contribution in [0.3, 0.4) is 0 Å². The average Bonchev–Trinajstić information content (AvgIpc) is 3.35. The van der Waals surface area contributed by atoms with E-state index in [-0.39, 0.29) is 30.1 Å². The van der Waals surface area contributed by atoms with Crippen LogP contribution in [0.4, 0.5) is 0 Å². The van der Waals surface area contributed by atoms with Gasteiger partial charge in [0.25, 0.3) is 0 Å². The third-order valence-corrected chi connectivity index (χ3v) is 4.91. The van der Waals surface area contributed by atoms with E-state index in [4.69, 9.17) is 4.74 Å². The molecular formula is C18H21N3O3. The van der Waals surface area contributed by atoms with Crippen LogP contribution in [0.15, 0.2) is 23.4 Å². The molecule has 0 radical (unpaired) electrons. The average molecular weight is 327 g/mol. The summed E-state index contributed by atoms with van der Waals surface area (Å²) >= 11 is 0. The maximum Gasteiger partial charge on any atom is 0.224 e. The number of amides is 1. The second-order valence-electron chi connectivity index (χ2n) is 6.79. The third kappa shape index (κ3) is 3.13. The first-order valence-corrected chi connectivity index (χ1v) is 8.60. The number of fused-ring (bicyclic) bond motifs is 1. The zero-order chi connectivity index (χ0) is 16.5. The summed E-state index contributed by atoms with van der Waals surface area (Å²) in [5, 5.41) is 11.4. The van der Waals surface area contributed by atoms with Crippen molar-refractivity contribution in [1.29, 1.82) is 0 Å². The zero-order valence-electron chi connectivity index (χ0n) is 13.4. The number of rotatable bonds is 5. The molecule has 6 heteroatoms.